The number of ether oxygens (including phenoxy) is 1. The number of furan rings is 1. The molecule has 0 aliphatic heterocycles. The van der Waals surface area contributed by atoms with Gasteiger partial charge in [-0.15, -0.1) is 10.2 Å². The lowest BCUT2D eigenvalue weighted by Gasteiger charge is -2.05. The van der Waals surface area contributed by atoms with Crippen LogP contribution in [0.15, 0.2) is 46.2 Å². The third-order valence-corrected chi connectivity index (χ3v) is 4.74. The highest BCUT2D eigenvalue weighted by molar-refractivity contribution is 7.98. The molecule has 3 rings (SSSR count). The zero-order valence-electron chi connectivity index (χ0n) is 14.4. The molecule has 0 saturated heterocycles. The Labute approximate surface area is 150 Å². The van der Waals surface area contributed by atoms with Crippen LogP contribution in [0, 0.1) is 6.92 Å². The van der Waals surface area contributed by atoms with E-state index in [2.05, 4.69) is 10.2 Å². The molecule has 1 aromatic carbocycles. The molecule has 0 spiro atoms. The van der Waals surface area contributed by atoms with Crippen LogP contribution in [-0.4, -0.2) is 27.3 Å². The minimum absolute atomic E-state index is 0.333. The van der Waals surface area contributed by atoms with Crippen molar-refractivity contribution >= 4 is 17.7 Å². The van der Waals surface area contributed by atoms with Gasteiger partial charge in [-0.25, -0.2) is 4.79 Å². The second-order valence-electron chi connectivity index (χ2n) is 5.50. The van der Waals surface area contributed by atoms with Gasteiger partial charge >= 0.3 is 5.97 Å². The normalized spacial score (nSPS) is 10.8. The van der Waals surface area contributed by atoms with E-state index in [1.165, 1.54) is 23.6 Å². The summed E-state index contributed by atoms with van der Waals surface area (Å²) in [6.07, 6.45) is 1.50. The minimum atomic E-state index is -0.370. The Morgan fingerprint density at radius 1 is 1.24 bits per heavy atom. The van der Waals surface area contributed by atoms with Gasteiger partial charge in [0.25, 0.3) is 0 Å². The predicted octanol–water partition coefficient (Wildman–Crippen LogP) is 3.85. The predicted molar refractivity (Wildman–Crippen MR) is 95.4 cm³/mol. The Morgan fingerprint density at radius 2 is 2.00 bits per heavy atom. The monoisotopic (exact) mass is 357 g/mol. The first-order chi connectivity index (χ1) is 12.1. The molecule has 0 aliphatic rings. The number of esters is 1. The Kier molecular flexibility index (Phi) is 5.23. The van der Waals surface area contributed by atoms with E-state index in [-0.39, 0.29) is 5.97 Å². The summed E-state index contributed by atoms with van der Waals surface area (Å²) >= 11 is 1.46. The van der Waals surface area contributed by atoms with E-state index in [9.17, 15) is 4.79 Å². The summed E-state index contributed by atoms with van der Waals surface area (Å²) in [5, 5.41) is 9.27. The summed E-state index contributed by atoms with van der Waals surface area (Å²) in [7, 11) is 1.92. The molecule has 0 radical (unpaired) electrons. The molecule has 0 saturated carbocycles. The van der Waals surface area contributed by atoms with Crippen molar-refractivity contribution in [3.63, 3.8) is 0 Å². The van der Waals surface area contributed by atoms with Gasteiger partial charge in [0, 0.05) is 12.6 Å². The van der Waals surface area contributed by atoms with Crippen LogP contribution in [0.2, 0.25) is 0 Å². The van der Waals surface area contributed by atoms with Gasteiger partial charge in [0.05, 0.1) is 18.6 Å². The maximum atomic E-state index is 11.9. The highest BCUT2D eigenvalue weighted by Crippen LogP contribution is 2.27. The molecule has 2 aromatic heterocycles. The molecule has 0 bridgehead atoms. The Balaban J connectivity index is 1.74. The molecule has 6 nitrogen and oxygen atoms in total. The van der Waals surface area contributed by atoms with Crippen molar-refractivity contribution in [2.24, 2.45) is 7.05 Å². The number of aryl methyl sites for hydroxylation is 1. The molecule has 0 aliphatic carbocycles. The van der Waals surface area contributed by atoms with Crippen LogP contribution in [0.5, 0.6) is 0 Å². The maximum Gasteiger partial charge on any atom is 0.341 e. The van der Waals surface area contributed by atoms with E-state index >= 15 is 0 Å². The van der Waals surface area contributed by atoms with Crippen molar-refractivity contribution in [2.75, 3.05) is 6.61 Å². The van der Waals surface area contributed by atoms with E-state index in [0.717, 1.165) is 16.5 Å². The average Bonchev–Trinajstić information content (AvgIpc) is 3.21. The maximum absolute atomic E-state index is 11.9. The molecule has 7 heteroatoms. The number of nitrogens with zero attached hydrogens (tertiary/aromatic N) is 3. The molecule has 0 amide bonds. The van der Waals surface area contributed by atoms with Crippen molar-refractivity contribution in [2.45, 2.75) is 24.8 Å². The van der Waals surface area contributed by atoms with E-state index in [1.54, 1.807) is 13.0 Å². The summed E-state index contributed by atoms with van der Waals surface area (Å²) in [6, 6.07) is 9.78. The second kappa shape index (κ2) is 7.57. The van der Waals surface area contributed by atoms with Gasteiger partial charge in [-0.05, 0) is 19.9 Å². The van der Waals surface area contributed by atoms with Crippen LogP contribution >= 0.6 is 11.8 Å². The topological polar surface area (TPSA) is 70.2 Å². The third-order valence-electron chi connectivity index (χ3n) is 3.72. The van der Waals surface area contributed by atoms with Crippen molar-refractivity contribution in [1.29, 1.82) is 0 Å². The van der Waals surface area contributed by atoms with E-state index in [1.807, 2.05) is 42.8 Å². The van der Waals surface area contributed by atoms with Crippen molar-refractivity contribution in [1.82, 2.24) is 14.8 Å². The molecule has 0 N–H and O–H groups in total. The number of hydrogen-bond acceptors (Lipinski definition) is 6. The molecule has 3 aromatic rings. The molecule has 0 fully saturated rings. The van der Waals surface area contributed by atoms with Crippen LogP contribution < -0.4 is 0 Å². The van der Waals surface area contributed by atoms with Gasteiger partial charge < -0.3 is 13.7 Å². The summed E-state index contributed by atoms with van der Waals surface area (Å²) in [6.45, 7) is 4.16. The quantitative estimate of drug-likeness (QED) is 0.493. The molecule has 0 unspecified atom stereocenters. The molecule has 25 heavy (non-hydrogen) atoms. The van der Waals surface area contributed by atoms with Gasteiger partial charge in [0.1, 0.15) is 11.3 Å². The number of rotatable bonds is 6. The Bertz CT molecular complexity index is 868. The fraction of sp³-hybridized carbons (Fsp3) is 0.278. The van der Waals surface area contributed by atoms with Crippen LogP contribution in [0.25, 0.3) is 11.4 Å². The summed E-state index contributed by atoms with van der Waals surface area (Å²) in [4.78, 5) is 11.9. The first-order valence-corrected chi connectivity index (χ1v) is 8.91. The number of thioether (sulfide) groups is 1. The van der Waals surface area contributed by atoms with Crippen LogP contribution in [0.3, 0.4) is 0 Å². The Morgan fingerprint density at radius 3 is 2.72 bits per heavy atom. The van der Waals surface area contributed by atoms with Crippen LogP contribution in [0.4, 0.5) is 0 Å². The fourth-order valence-corrected chi connectivity index (χ4v) is 3.23. The highest BCUT2D eigenvalue weighted by Gasteiger charge is 2.18. The number of aromatic nitrogens is 3. The van der Waals surface area contributed by atoms with Gasteiger partial charge in [0.2, 0.25) is 0 Å². The van der Waals surface area contributed by atoms with E-state index < -0.39 is 0 Å². The lowest BCUT2D eigenvalue weighted by molar-refractivity contribution is 0.0524. The van der Waals surface area contributed by atoms with Crippen LogP contribution in [0.1, 0.15) is 28.6 Å². The number of carbonyl (C=O) groups excluding carboxylic acids is 1. The van der Waals surface area contributed by atoms with Gasteiger partial charge in [-0.1, -0.05) is 41.6 Å². The van der Waals surface area contributed by atoms with Crippen molar-refractivity contribution in [3.8, 4) is 11.4 Å². The standard InChI is InChI=1S/C18H19N3O3S/c1-4-23-17(22)14-9-10-24-15(14)11-25-18-20-19-16(21(18)3)13-7-5-12(2)6-8-13/h5-10H,4,11H2,1-3H3. The summed E-state index contributed by atoms with van der Waals surface area (Å²) in [5.41, 5.74) is 2.66. The molecule has 130 valence electrons. The zero-order chi connectivity index (χ0) is 17.8. The minimum Gasteiger partial charge on any atom is -0.468 e. The first-order valence-electron chi connectivity index (χ1n) is 7.93. The van der Waals surface area contributed by atoms with E-state index in [0.29, 0.717) is 23.7 Å². The Hall–Kier alpha value is -2.54. The molecule has 2 heterocycles. The molecule has 0 atom stereocenters. The average molecular weight is 357 g/mol. The largest absolute Gasteiger partial charge is 0.468 e. The van der Waals surface area contributed by atoms with Crippen LogP contribution in [-0.2, 0) is 17.5 Å². The first kappa shape index (κ1) is 17.3. The van der Waals surface area contributed by atoms with E-state index in [4.69, 9.17) is 9.15 Å². The number of hydrogen-bond donors (Lipinski definition) is 0. The fourth-order valence-electron chi connectivity index (χ4n) is 2.37. The molecular weight excluding hydrogens is 338 g/mol. The lowest BCUT2D eigenvalue weighted by atomic mass is 10.1. The van der Waals surface area contributed by atoms with Gasteiger partial charge in [0.15, 0.2) is 11.0 Å². The van der Waals surface area contributed by atoms with Gasteiger partial charge in [-0.2, -0.15) is 0 Å². The van der Waals surface area contributed by atoms with Gasteiger partial charge in [-0.3, -0.25) is 0 Å². The van der Waals surface area contributed by atoms with Crippen molar-refractivity contribution < 1.29 is 13.9 Å². The number of benzene rings is 1. The number of carbonyl (C=O) groups is 1. The zero-order valence-corrected chi connectivity index (χ0v) is 15.2. The smallest absolute Gasteiger partial charge is 0.341 e. The molecular formula is C18H19N3O3S. The summed E-state index contributed by atoms with van der Waals surface area (Å²) < 4.78 is 12.4. The lowest BCUT2D eigenvalue weighted by Crippen LogP contribution is -2.05. The SMILES string of the molecule is CCOC(=O)c1ccoc1CSc1nnc(-c2ccc(C)cc2)n1C. The van der Waals surface area contributed by atoms with Crippen molar-refractivity contribution in [3.05, 3.63) is 53.5 Å². The second-order valence-corrected chi connectivity index (χ2v) is 6.44. The third kappa shape index (κ3) is 3.76. The summed E-state index contributed by atoms with van der Waals surface area (Å²) in [5.74, 6) is 1.47. The highest BCUT2D eigenvalue weighted by atomic mass is 32.2.